The van der Waals surface area contributed by atoms with Gasteiger partial charge in [-0.05, 0) is 19.3 Å². The van der Waals surface area contributed by atoms with Crippen molar-refractivity contribution in [1.29, 1.82) is 0 Å². The Hall–Kier alpha value is -1.79. The number of anilines is 1. The van der Waals surface area contributed by atoms with E-state index in [2.05, 4.69) is 14.7 Å². The molecule has 0 radical (unpaired) electrons. The van der Waals surface area contributed by atoms with E-state index in [1.807, 2.05) is 30.3 Å². The lowest BCUT2D eigenvalue weighted by Gasteiger charge is -2.16. The maximum absolute atomic E-state index is 12.3. The summed E-state index contributed by atoms with van der Waals surface area (Å²) in [6.45, 7) is 0. The molecule has 5 nitrogen and oxygen atoms in total. The fraction of sp³-hybridized carbons (Fsp3) is 0.400. The third kappa shape index (κ3) is 2.45. The summed E-state index contributed by atoms with van der Waals surface area (Å²) < 4.78 is 10.0. The Balaban J connectivity index is 1.46. The Morgan fingerprint density at radius 2 is 2.14 bits per heavy atom. The number of fused-ring (bicyclic) bond motifs is 2. The molecule has 0 unspecified atom stereocenters. The molecule has 3 heterocycles. The van der Waals surface area contributed by atoms with Crippen LogP contribution in [0.3, 0.4) is 0 Å². The van der Waals surface area contributed by atoms with Crippen molar-refractivity contribution in [3.05, 3.63) is 30.3 Å². The lowest BCUT2D eigenvalue weighted by Crippen LogP contribution is -2.30. The lowest BCUT2D eigenvalue weighted by atomic mass is 9.89. The van der Waals surface area contributed by atoms with Gasteiger partial charge in [0, 0.05) is 17.1 Å². The number of nitrogens with one attached hydrogen (secondary N) is 1. The largest absolute Gasteiger partial charge is 0.374 e. The number of rotatable bonds is 3. The summed E-state index contributed by atoms with van der Waals surface area (Å²) in [6.07, 6.45) is 3.29. The normalized spacial score (nSPS) is 27.0. The first kappa shape index (κ1) is 12.9. The number of amides is 1. The van der Waals surface area contributed by atoms with Gasteiger partial charge in [-0.25, -0.2) is 0 Å². The quantitative estimate of drug-likeness (QED) is 0.946. The van der Waals surface area contributed by atoms with Gasteiger partial charge in [0.15, 0.2) is 5.82 Å². The topological polar surface area (TPSA) is 64.1 Å². The molecule has 0 aliphatic carbocycles. The van der Waals surface area contributed by atoms with Crippen LogP contribution < -0.4 is 5.32 Å². The fourth-order valence-electron chi connectivity index (χ4n) is 3.09. The van der Waals surface area contributed by atoms with Crippen LogP contribution in [0.2, 0.25) is 0 Å². The summed E-state index contributed by atoms with van der Waals surface area (Å²) in [7, 11) is 0. The molecular formula is C15H15N3O2S. The van der Waals surface area contributed by atoms with E-state index in [0.717, 1.165) is 24.8 Å². The molecule has 2 saturated heterocycles. The van der Waals surface area contributed by atoms with Gasteiger partial charge in [-0.15, -0.1) is 0 Å². The van der Waals surface area contributed by atoms with Crippen LogP contribution >= 0.6 is 11.5 Å². The molecule has 21 heavy (non-hydrogen) atoms. The highest BCUT2D eigenvalue weighted by Crippen LogP contribution is 2.39. The van der Waals surface area contributed by atoms with Crippen molar-refractivity contribution >= 4 is 22.6 Å². The molecular weight excluding hydrogens is 286 g/mol. The van der Waals surface area contributed by atoms with Gasteiger partial charge in [0.2, 0.25) is 11.0 Å². The molecule has 1 N–H and O–H groups in total. The van der Waals surface area contributed by atoms with Gasteiger partial charge < -0.3 is 10.1 Å². The van der Waals surface area contributed by atoms with Gasteiger partial charge in [-0.2, -0.15) is 9.36 Å². The van der Waals surface area contributed by atoms with E-state index in [4.69, 9.17) is 4.74 Å². The van der Waals surface area contributed by atoms with Crippen molar-refractivity contribution in [2.45, 2.75) is 31.5 Å². The van der Waals surface area contributed by atoms with Crippen molar-refractivity contribution in [1.82, 2.24) is 9.36 Å². The van der Waals surface area contributed by atoms with E-state index in [1.54, 1.807) is 0 Å². The minimum atomic E-state index is -0.0344. The van der Waals surface area contributed by atoms with Crippen LogP contribution in [0.25, 0.3) is 11.4 Å². The van der Waals surface area contributed by atoms with Crippen molar-refractivity contribution in [3.63, 3.8) is 0 Å². The second kappa shape index (κ2) is 5.20. The lowest BCUT2D eigenvalue weighted by molar-refractivity contribution is -0.121. The average molecular weight is 301 g/mol. The Labute approximate surface area is 126 Å². The number of hydrogen-bond acceptors (Lipinski definition) is 5. The molecule has 2 aliphatic rings. The van der Waals surface area contributed by atoms with Crippen LogP contribution in [0.15, 0.2) is 30.3 Å². The van der Waals surface area contributed by atoms with Crippen molar-refractivity contribution < 1.29 is 9.53 Å². The molecule has 2 fully saturated rings. The first-order chi connectivity index (χ1) is 10.3. The molecule has 0 spiro atoms. The molecule has 1 aromatic heterocycles. The zero-order chi connectivity index (χ0) is 14.2. The van der Waals surface area contributed by atoms with Gasteiger partial charge in [0.05, 0.1) is 18.1 Å². The van der Waals surface area contributed by atoms with E-state index in [9.17, 15) is 4.79 Å². The van der Waals surface area contributed by atoms with Crippen LogP contribution in [0.1, 0.15) is 19.3 Å². The van der Waals surface area contributed by atoms with Crippen molar-refractivity contribution in [3.8, 4) is 11.4 Å². The number of ether oxygens (including phenoxy) is 1. The Kier molecular flexibility index (Phi) is 3.20. The zero-order valence-electron chi connectivity index (χ0n) is 11.4. The number of carbonyl (C=O) groups is 1. The van der Waals surface area contributed by atoms with Crippen LogP contribution in [0.5, 0.6) is 0 Å². The molecule has 0 saturated carbocycles. The highest BCUT2D eigenvalue weighted by atomic mass is 32.1. The van der Waals surface area contributed by atoms with E-state index in [1.165, 1.54) is 11.5 Å². The second-order valence-corrected chi connectivity index (χ2v) is 6.25. The summed E-state index contributed by atoms with van der Waals surface area (Å²) in [4.78, 5) is 16.7. The van der Waals surface area contributed by atoms with Gasteiger partial charge in [0.25, 0.3) is 0 Å². The zero-order valence-corrected chi connectivity index (χ0v) is 12.2. The Morgan fingerprint density at radius 1 is 1.29 bits per heavy atom. The molecule has 2 aliphatic heterocycles. The maximum Gasteiger partial charge on any atom is 0.232 e. The predicted molar refractivity (Wildman–Crippen MR) is 80.0 cm³/mol. The molecule has 6 heteroatoms. The highest BCUT2D eigenvalue weighted by Gasteiger charge is 2.44. The first-order valence-corrected chi connectivity index (χ1v) is 7.92. The van der Waals surface area contributed by atoms with Crippen LogP contribution in [-0.4, -0.2) is 27.5 Å². The molecule has 4 rings (SSSR count). The van der Waals surface area contributed by atoms with Crippen molar-refractivity contribution in [2.75, 3.05) is 5.32 Å². The van der Waals surface area contributed by atoms with Crippen LogP contribution in [0, 0.1) is 5.92 Å². The summed E-state index contributed by atoms with van der Waals surface area (Å²) >= 11 is 1.22. The monoisotopic (exact) mass is 301 g/mol. The molecule has 108 valence electrons. The van der Waals surface area contributed by atoms with E-state index < -0.39 is 0 Å². The minimum Gasteiger partial charge on any atom is -0.374 e. The molecule has 3 atom stereocenters. The Bertz CT molecular complexity index is 658. The van der Waals surface area contributed by atoms with Gasteiger partial charge in [-0.1, -0.05) is 30.3 Å². The number of nitrogens with zero attached hydrogens (tertiary/aromatic N) is 2. The van der Waals surface area contributed by atoms with Crippen molar-refractivity contribution in [2.24, 2.45) is 5.92 Å². The summed E-state index contributed by atoms with van der Waals surface area (Å²) in [5, 5.41) is 3.44. The number of carbonyl (C=O) groups excluding carboxylic acids is 1. The van der Waals surface area contributed by atoms with Gasteiger partial charge in [0.1, 0.15) is 0 Å². The minimum absolute atomic E-state index is 0.0120. The van der Waals surface area contributed by atoms with Crippen LogP contribution in [0.4, 0.5) is 5.13 Å². The summed E-state index contributed by atoms with van der Waals surface area (Å²) in [5.74, 6) is 0.630. The third-order valence-electron chi connectivity index (χ3n) is 4.13. The van der Waals surface area contributed by atoms with Gasteiger partial charge >= 0.3 is 0 Å². The first-order valence-electron chi connectivity index (χ1n) is 7.15. The third-order valence-corrected chi connectivity index (χ3v) is 4.76. The summed E-state index contributed by atoms with van der Waals surface area (Å²) in [5.41, 5.74) is 0.956. The summed E-state index contributed by atoms with van der Waals surface area (Å²) in [6, 6.07) is 9.75. The predicted octanol–water partition coefficient (Wildman–Crippen LogP) is 2.71. The SMILES string of the molecule is O=C(Nc1nc(-c2ccccc2)ns1)[C@@H]1C[C@H]2CC[C@H]1O2. The molecule has 2 aromatic rings. The van der Waals surface area contributed by atoms with E-state index in [-0.39, 0.29) is 24.0 Å². The Morgan fingerprint density at radius 3 is 2.86 bits per heavy atom. The second-order valence-electron chi connectivity index (χ2n) is 5.49. The molecule has 2 bridgehead atoms. The smallest absolute Gasteiger partial charge is 0.232 e. The maximum atomic E-state index is 12.3. The van der Waals surface area contributed by atoms with E-state index in [0.29, 0.717) is 11.0 Å². The molecule has 1 amide bonds. The number of hydrogen-bond donors (Lipinski definition) is 1. The molecule has 1 aromatic carbocycles. The average Bonchev–Trinajstić information content (AvgIpc) is 3.24. The standard InChI is InChI=1S/C15H15N3O2S/c19-14(11-8-10-6-7-12(11)20-10)17-15-16-13(18-21-15)9-4-2-1-3-5-9/h1-5,10-12H,6-8H2,(H,16,17,18,19)/t10-,11-,12-/m1/s1. The fourth-order valence-corrected chi connectivity index (χ4v) is 3.68. The van der Waals surface area contributed by atoms with Crippen LogP contribution in [-0.2, 0) is 9.53 Å². The number of aromatic nitrogens is 2. The number of benzene rings is 1. The van der Waals surface area contributed by atoms with E-state index >= 15 is 0 Å². The highest BCUT2D eigenvalue weighted by molar-refractivity contribution is 7.10. The van der Waals surface area contributed by atoms with Gasteiger partial charge in [-0.3, -0.25) is 4.79 Å².